The monoisotopic (exact) mass is 417 g/mol. The second-order valence-corrected chi connectivity index (χ2v) is 7.11. The maximum atomic E-state index is 12.7. The molecule has 154 valence electrons. The number of amidine groups is 1. The SMILES string of the molecule is CN/C(=N\O)[C@@H]1c2c(cnn2CCNC(C)=O)[C@@H]2CN1C(=O)N2OS(=O)(=O)O. The Hall–Kier alpha value is -2.91. The van der Waals surface area contributed by atoms with Crippen LogP contribution in [-0.4, -0.2) is 75.8 Å². The van der Waals surface area contributed by atoms with E-state index >= 15 is 0 Å². The first-order valence-corrected chi connectivity index (χ1v) is 9.51. The lowest BCUT2D eigenvalue weighted by Gasteiger charge is -2.31. The molecule has 1 aromatic rings. The van der Waals surface area contributed by atoms with Gasteiger partial charge < -0.3 is 20.7 Å². The van der Waals surface area contributed by atoms with E-state index in [1.807, 2.05) is 0 Å². The number of oxime groups is 1. The van der Waals surface area contributed by atoms with Crippen LogP contribution in [0.25, 0.3) is 0 Å². The zero-order chi connectivity index (χ0) is 20.6. The molecule has 0 saturated carbocycles. The third-order valence-corrected chi connectivity index (χ3v) is 4.77. The van der Waals surface area contributed by atoms with Crippen LogP contribution in [0.2, 0.25) is 0 Å². The van der Waals surface area contributed by atoms with E-state index in [9.17, 15) is 23.2 Å². The van der Waals surface area contributed by atoms with Crippen LogP contribution in [0.1, 0.15) is 30.3 Å². The molecular weight excluding hydrogens is 398 g/mol. The van der Waals surface area contributed by atoms with Gasteiger partial charge in [-0.25, -0.2) is 4.79 Å². The molecule has 0 radical (unpaired) electrons. The molecule has 28 heavy (non-hydrogen) atoms. The van der Waals surface area contributed by atoms with Crippen molar-refractivity contribution in [1.29, 1.82) is 0 Å². The number of carbonyl (C=O) groups is 2. The highest BCUT2D eigenvalue weighted by Gasteiger charge is 2.53. The van der Waals surface area contributed by atoms with Crippen LogP contribution in [0.3, 0.4) is 0 Å². The molecular formula is C13H19N7O7S. The molecule has 1 aromatic heterocycles. The Bertz CT molecular complexity index is 928. The molecule has 1 fully saturated rings. The Balaban J connectivity index is 2.04. The summed E-state index contributed by atoms with van der Waals surface area (Å²) in [6.07, 6.45) is 1.43. The molecule has 0 aromatic carbocycles. The number of carbonyl (C=O) groups excluding carboxylic acids is 2. The minimum Gasteiger partial charge on any atom is -0.409 e. The number of hydroxylamine groups is 2. The van der Waals surface area contributed by atoms with E-state index in [2.05, 4.69) is 25.2 Å². The molecule has 3 amide bonds. The van der Waals surface area contributed by atoms with Crippen LogP contribution in [0.4, 0.5) is 4.79 Å². The van der Waals surface area contributed by atoms with Crippen LogP contribution in [0.5, 0.6) is 0 Å². The minimum absolute atomic E-state index is 0.0167. The average Bonchev–Trinajstić information content (AvgIpc) is 3.13. The van der Waals surface area contributed by atoms with Gasteiger partial charge in [0.25, 0.3) is 0 Å². The Labute approximate surface area is 159 Å². The van der Waals surface area contributed by atoms with Gasteiger partial charge in [-0.3, -0.25) is 14.0 Å². The Kier molecular flexibility index (Phi) is 5.14. The van der Waals surface area contributed by atoms with Crippen LogP contribution < -0.4 is 10.6 Å². The summed E-state index contributed by atoms with van der Waals surface area (Å²) in [4.78, 5) is 25.0. The highest BCUT2D eigenvalue weighted by Crippen LogP contribution is 2.44. The fourth-order valence-electron chi connectivity index (χ4n) is 3.37. The number of aromatic nitrogens is 2. The Morgan fingerprint density at radius 1 is 1.50 bits per heavy atom. The van der Waals surface area contributed by atoms with Crippen molar-refractivity contribution in [2.75, 3.05) is 20.1 Å². The largest absolute Gasteiger partial charge is 0.418 e. The van der Waals surface area contributed by atoms with E-state index in [1.54, 1.807) is 0 Å². The number of nitrogens with zero attached hydrogens (tertiary/aromatic N) is 5. The molecule has 0 spiro atoms. The summed E-state index contributed by atoms with van der Waals surface area (Å²) < 4.78 is 37.3. The minimum atomic E-state index is -4.94. The predicted molar refractivity (Wildman–Crippen MR) is 91.2 cm³/mol. The van der Waals surface area contributed by atoms with Crippen LogP contribution in [-0.2, 0) is 26.0 Å². The first-order valence-electron chi connectivity index (χ1n) is 8.14. The summed E-state index contributed by atoms with van der Waals surface area (Å²) in [5.41, 5.74) is 0.911. The standard InChI is InChI=1S/C13H19N7O7S/c1-7(21)15-3-4-19-10-8(5-16-19)9-6-18(11(10)12(14-2)17-23)13(22)20(9)27-28(24,25)26/h5,9,11,23H,3-4,6H2,1-2H3,(H,14,17)(H,15,21)(H,24,25,26)/t9-,11-/m0/s1. The smallest absolute Gasteiger partial charge is 0.409 e. The zero-order valence-corrected chi connectivity index (χ0v) is 15.7. The molecule has 3 heterocycles. The van der Waals surface area contributed by atoms with Crippen molar-refractivity contribution in [3.63, 3.8) is 0 Å². The molecule has 15 heteroatoms. The van der Waals surface area contributed by atoms with Gasteiger partial charge in [-0.2, -0.15) is 18.6 Å². The molecule has 2 atom stereocenters. The molecule has 2 aliphatic heterocycles. The van der Waals surface area contributed by atoms with Gasteiger partial charge in [0.1, 0.15) is 12.1 Å². The lowest BCUT2D eigenvalue weighted by molar-refractivity contribution is -0.119. The number of likely N-dealkylation sites (N-methyl/N-ethyl adjacent to an activating group) is 1. The van der Waals surface area contributed by atoms with E-state index in [1.165, 1.54) is 29.7 Å². The first kappa shape index (κ1) is 19.8. The Morgan fingerprint density at radius 3 is 2.79 bits per heavy atom. The zero-order valence-electron chi connectivity index (χ0n) is 14.9. The third kappa shape index (κ3) is 3.46. The highest BCUT2D eigenvalue weighted by molar-refractivity contribution is 7.80. The molecule has 3 rings (SSSR count). The first-order chi connectivity index (χ1) is 13.2. The number of urea groups is 1. The highest BCUT2D eigenvalue weighted by atomic mass is 32.3. The molecule has 0 unspecified atom stereocenters. The second-order valence-electron chi connectivity index (χ2n) is 6.11. The lowest BCUT2D eigenvalue weighted by atomic mass is 9.97. The van der Waals surface area contributed by atoms with Crippen LogP contribution >= 0.6 is 0 Å². The van der Waals surface area contributed by atoms with Crippen LogP contribution in [0.15, 0.2) is 11.4 Å². The summed E-state index contributed by atoms with van der Waals surface area (Å²) >= 11 is 0. The quantitative estimate of drug-likeness (QED) is 0.142. The number of hydrogen-bond donors (Lipinski definition) is 4. The number of fused-ring (bicyclic) bond motifs is 4. The van der Waals surface area contributed by atoms with Crippen molar-refractivity contribution >= 4 is 28.2 Å². The topological polar surface area (TPSA) is 179 Å². The van der Waals surface area contributed by atoms with Crippen molar-refractivity contribution in [1.82, 2.24) is 30.4 Å². The fraction of sp³-hybridized carbons (Fsp3) is 0.538. The maximum absolute atomic E-state index is 12.7. The van der Waals surface area contributed by atoms with Gasteiger partial charge in [0, 0.05) is 26.1 Å². The predicted octanol–water partition coefficient (Wildman–Crippen LogP) is -1.41. The van der Waals surface area contributed by atoms with Crippen molar-refractivity contribution in [3.8, 4) is 0 Å². The summed E-state index contributed by atoms with van der Waals surface area (Å²) in [5, 5.41) is 22.6. The molecule has 2 bridgehead atoms. The van der Waals surface area contributed by atoms with Crippen molar-refractivity contribution in [2.24, 2.45) is 5.16 Å². The van der Waals surface area contributed by atoms with Gasteiger partial charge in [-0.05, 0) is 0 Å². The molecule has 1 saturated heterocycles. The van der Waals surface area contributed by atoms with Crippen LogP contribution in [0, 0.1) is 0 Å². The molecule has 14 nitrogen and oxygen atoms in total. The van der Waals surface area contributed by atoms with E-state index in [0.29, 0.717) is 16.3 Å². The number of nitrogens with one attached hydrogen (secondary N) is 2. The van der Waals surface area contributed by atoms with E-state index in [-0.39, 0.29) is 31.4 Å². The van der Waals surface area contributed by atoms with Crippen molar-refractivity contribution in [2.45, 2.75) is 25.6 Å². The number of hydrogen-bond acceptors (Lipinski definition) is 8. The maximum Gasteiger partial charge on any atom is 0.418 e. The Morgan fingerprint density at radius 2 is 2.21 bits per heavy atom. The summed E-state index contributed by atoms with van der Waals surface area (Å²) in [6, 6.07) is -2.61. The molecule has 0 aliphatic carbocycles. The number of rotatable bonds is 6. The van der Waals surface area contributed by atoms with Gasteiger partial charge in [0.05, 0.1) is 25.0 Å². The van der Waals surface area contributed by atoms with Crippen molar-refractivity contribution in [3.05, 3.63) is 17.5 Å². The third-order valence-electron chi connectivity index (χ3n) is 4.42. The molecule has 2 aliphatic rings. The van der Waals surface area contributed by atoms with E-state index in [0.717, 1.165) is 0 Å². The van der Waals surface area contributed by atoms with Gasteiger partial charge in [-0.1, -0.05) is 5.16 Å². The van der Waals surface area contributed by atoms with Gasteiger partial charge in [0.2, 0.25) is 5.91 Å². The average molecular weight is 417 g/mol. The molecule has 4 N–H and O–H groups in total. The lowest BCUT2D eigenvalue weighted by Crippen LogP contribution is -2.44. The number of amides is 3. The van der Waals surface area contributed by atoms with Gasteiger partial charge in [0.15, 0.2) is 5.84 Å². The van der Waals surface area contributed by atoms with Gasteiger partial charge >= 0.3 is 16.4 Å². The normalized spacial score (nSPS) is 21.7. The summed E-state index contributed by atoms with van der Waals surface area (Å²) in [6.45, 7) is 1.89. The van der Waals surface area contributed by atoms with Gasteiger partial charge in [-0.15, -0.1) is 4.28 Å². The van der Waals surface area contributed by atoms with Crippen molar-refractivity contribution < 1.29 is 32.1 Å². The second kappa shape index (κ2) is 7.25. The van der Waals surface area contributed by atoms with E-state index in [4.69, 9.17) is 4.55 Å². The summed E-state index contributed by atoms with van der Waals surface area (Å²) in [5.74, 6) is -0.208. The fourth-order valence-corrected chi connectivity index (χ4v) is 3.74. The van der Waals surface area contributed by atoms with E-state index < -0.39 is 28.5 Å². The summed E-state index contributed by atoms with van der Waals surface area (Å²) in [7, 11) is -3.45.